The van der Waals surface area contributed by atoms with E-state index in [0.717, 1.165) is 49.2 Å². The molecule has 0 amide bonds. The minimum atomic E-state index is -0.621. The Hall–Kier alpha value is -5.03. The predicted octanol–water partition coefficient (Wildman–Crippen LogP) is 6.69. The summed E-state index contributed by atoms with van der Waals surface area (Å²) in [6, 6.07) is 16.7. The molecule has 4 heterocycles. The van der Waals surface area contributed by atoms with E-state index in [1.54, 1.807) is 17.5 Å². The summed E-state index contributed by atoms with van der Waals surface area (Å²) in [5.41, 5.74) is 5.60. The van der Waals surface area contributed by atoms with Crippen LogP contribution in [-0.4, -0.2) is 48.0 Å². The van der Waals surface area contributed by atoms with Gasteiger partial charge in [0.15, 0.2) is 11.5 Å². The zero-order valence-corrected chi connectivity index (χ0v) is 27.4. The lowest BCUT2D eigenvalue weighted by Crippen LogP contribution is -2.25. The average molecular weight is 635 g/mol. The van der Waals surface area contributed by atoms with E-state index in [-0.39, 0.29) is 24.7 Å². The Morgan fingerprint density at radius 3 is 2.30 bits per heavy atom. The number of rotatable bonds is 7. The maximum atomic E-state index is 13.0. The summed E-state index contributed by atoms with van der Waals surface area (Å²) >= 11 is 1.66. The monoisotopic (exact) mass is 634 g/mol. The number of carbonyl (C=O) groups is 2. The van der Waals surface area contributed by atoms with Gasteiger partial charge in [-0.1, -0.05) is 54.6 Å². The number of hydrogen-bond acceptors (Lipinski definition) is 10. The van der Waals surface area contributed by atoms with E-state index >= 15 is 0 Å². The van der Waals surface area contributed by atoms with Gasteiger partial charge in [-0.2, -0.15) is 0 Å². The fourth-order valence-electron chi connectivity index (χ4n) is 5.24. The van der Waals surface area contributed by atoms with Gasteiger partial charge in [0.2, 0.25) is 0 Å². The number of aryl methyl sites for hydroxylation is 2. The van der Waals surface area contributed by atoms with Crippen molar-refractivity contribution >= 4 is 29.0 Å². The first-order chi connectivity index (χ1) is 22.0. The molecule has 234 valence electrons. The van der Waals surface area contributed by atoms with Gasteiger partial charge in [0.05, 0.1) is 30.2 Å². The van der Waals surface area contributed by atoms with Crippen molar-refractivity contribution in [2.45, 2.75) is 66.2 Å². The molecule has 1 atom stereocenters. The molecule has 0 unspecified atom stereocenters. The third kappa shape index (κ3) is 6.36. The minimum Gasteiger partial charge on any atom is -0.460 e. The van der Waals surface area contributed by atoms with Crippen LogP contribution in [0.3, 0.4) is 0 Å². The second kappa shape index (κ2) is 12.4. The van der Waals surface area contributed by atoms with Crippen molar-refractivity contribution in [1.82, 2.24) is 24.7 Å². The van der Waals surface area contributed by atoms with Crippen LogP contribution in [0.25, 0.3) is 16.3 Å². The lowest BCUT2D eigenvalue weighted by Gasteiger charge is -2.21. The standard InChI is InChI=1S/C35H34N6O4S/c1-20-21(2)46-33-30(20)31(38-26(16-29(42)45-35(4,5)6)32-40-39-22(3)41(32)33)25-14-12-24(13-15-25)27-17-37-28(18-36-27)34(43)44-19-23-10-8-7-9-11-23/h7-15,17-18,26H,16,19H2,1-6H3/t26-/m0/s1. The Morgan fingerprint density at radius 1 is 0.913 bits per heavy atom. The minimum absolute atomic E-state index is 0.0275. The molecule has 1 aliphatic heterocycles. The van der Waals surface area contributed by atoms with E-state index in [0.29, 0.717) is 11.5 Å². The molecule has 11 heteroatoms. The van der Waals surface area contributed by atoms with Crippen molar-refractivity contribution in [3.8, 4) is 16.3 Å². The zero-order valence-electron chi connectivity index (χ0n) is 26.6. The quantitative estimate of drug-likeness (QED) is 0.182. The molecule has 0 bridgehead atoms. The van der Waals surface area contributed by atoms with E-state index in [9.17, 15) is 9.59 Å². The number of carbonyl (C=O) groups excluding carboxylic acids is 2. The fourth-order valence-corrected chi connectivity index (χ4v) is 6.46. The van der Waals surface area contributed by atoms with Gasteiger partial charge in [-0.25, -0.2) is 9.78 Å². The Kier molecular flexibility index (Phi) is 8.35. The Bertz CT molecular complexity index is 1940. The first-order valence-corrected chi connectivity index (χ1v) is 15.8. The van der Waals surface area contributed by atoms with Gasteiger partial charge in [0, 0.05) is 21.6 Å². The van der Waals surface area contributed by atoms with Gasteiger partial charge in [-0.15, -0.1) is 21.5 Å². The maximum Gasteiger partial charge on any atom is 0.358 e. The van der Waals surface area contributed by atoms with E-state index in [2.05, 4.69) is 34.0 Å². The normalized spacial score (nSPS) is 14.1. The van der Waals surface area contributed by atoms with Crippen molar-refractivity contribution in [3.63, 3.8) is 0 Å². The first-order valence-electron chi connectivity index (χ1n) is 14.9. The number of aromatic nitrogens is 5. The van der Waals surface area contributed by atoms with Gasteiger partial charge in [-0.3, -0.25) is 19.3 Å². The van der Waals surface area contributed by atoms with Crippen molar-refractivity contribution in [2.24, 2.45) is 4.99 Å². The average Bonchev–Trinajstić information content (AvgIpc) is 3.51. The van der Waals surface area contributed by atoms with E-state index < -0.39 is 17.6 Å². The smallest absolute Gasteiger partial charge is 0.358 e. The van der Waals surface area contributed by atoms with Gasteiger partial charge < -0.3 is 9.47 Å². The van der Waals surface area contributed by atoms with Crippen LogP contribution >= 0.6 is 11.3 Å². The molecule has 6 rings (SSSR count). The Labute approximate surface area is 271 Å². The van der Waals surface area contributed by atoms with Gasteiger partial charge in [0.25, 0.3) is 0 Å². The predicted molar refractivity (Wildman–Crippen MR) is 175 cm³/mol. The molecule has 46 heavy (non-hydrogen) atoms. The Morgan fingerprint density at radius 2 is 1.63 bits per heavy atom. The van der Waals surface area contributed by atoms with Crippen molar-refractivity contribution in [2.75, 3.05) is 0 Å². The largest absolute Gasteiger partial charge is 0.460 e. The molecule has 2 aromatic carbocycles. The molecule has 0 radical (unpaired) electrons. The molecule has 0 fully saturated rings. The summed E-state index contributed by atoms with van der Waals surface area (Å²) in [5.74, 6) is 0.444. The number of fused-ring (bicyclic) bond motifs is 3. The van der Waals surface area contributed by atoms with Gasteiger partial charge in [0.1, 0.15) is 29.1 Å². The van der Waals surface area contributed by atoms with E-state index in [1.807, 2.05) is 86.9 Å². The molecule has 0 aliphatic carbocycles. The highest BCUT2D eigenvalue weighted by Gasteiger charge is 2.33. The molecule has 0 spiro atoms. The van der Waals surface area contributed by atoms with Crippen LogP contribution in [0.2, 0.25) is 0 Å². The highest BCUT2D eigenvalue weighted by atomic mass is 32.1. The number of nitrogens with zero attached hydrogens (tertiary/aromatic N) is 6. The summed E-state index contributed by atoms with van der Waals surface area (Å²) in [5, 5.41) is 9.79. The van der Waals surface area contributed by atoms with Crippen LogP contribution in [0.5, 0.6) is 0 Å². The molecule has 10 nitrogen and oxygen atoms in total. The maximum absolute atomic E-state index is 13.0. The lowest BCUT2D eigenvalue weighted by molar-refractivity contribution is -0.155. The van der Waals surface area contributed by atoms with Crippen molar-refractivity contribution < 1.29 is 19.1 Å². The highest BCUT2D eigenvalue weighted by molar-refractivity contribution is 7.15. The molecule has 0 saturated carbocycles. The van der Waals surface area contributed by atoms with Crippen LogP contribution in [-0.2, 0) is 20.9 Å². The number of benzene rings is 2. The van der Waals surface area contributed by atoms with E-state index in [1.165, 1.54) is 6.20 Å². The van der Waals surface area contributed by atoms with Crippen molar-refractivity contribution in [1.29, 1.82) is 0 Å². The van der Waals surface area contributed by atoms with Crippen LogP contribution in [0.1, 0.15) is 82.5 Å². The van der Waals surface area contributed by atoms with E-state index in [4.69, 9.17) is 14.5 Å². The number of esters is 2. The summed E-state index contributed by atoms with van der Waals surface area (Å²) in [4.78, 5) is 40.6. The molecule has 0 saturated heterocycles. The highest BCUT2D eigenvalue weighted by Crippen LogP contribution is 2.40. The number of thiophene rings is 1. The summed E-state index contributed by atoms with van der Waals surface area (Å²) in [6.45, 7) is 11.8. The summed E-state index contributed by atoms with van der Waals surface area (Å²) in [7, 11) is 0. The lowest BCUT2D eigenvalue weighted by atomic mass is 9.98. The van der Waals surface area contributed by atoms with Crippen LogP contribution in [0, 0.1) is 20.8 Å². The van der Waals surface area contributed by atoms with Crippen LogP contribution < -0.4 is 0 Å². The third-order valence-electron chi connectivity index (χ3n) is 7.55. The third-order valence-corrected chi connectivity index (χ3v) is 8.74. The zero-order chi connectivity index (χ0) is 32.6. The second-order valence-electron chi connectivity index (χ2n) is 12.1. The second-order valence-corrected chi connectivity index (χ2v) is 13.3. The Balaban J connectivity index is 1.30. The molecule has 0 N–H and O–H groups in total. The first kappa shape index (κ1) is 31.0. The molecule has 3 aromatic heterocycles. The topological polar surface area (TPSA) is 121 Å². The van der Waals surface area contributed by atoms with Crippen LogP contribution in [0.4, 0.5) is 0 Å². The van der Waals surface area contributed by atoms with Gasteiger partial charge in [-0.05, 0) is 52.7 Å². The summed E-state index contributed by atoms with van der Waals surface area (Å²) in [6.07, 6.45) is 3.02. The molecular formula is C35H34N6O4S. The molecule has 5 aromatic rings. The van der Waals surface area contributed by atoms with Crippen LogP contribution in [0.15, 0.2) is 72.0 Å². The SMILES string of the molecule is Cc1sc2c(c1C)C(c1ccc(-c3cnc(C(=O)OCc4ccccc4)cn3)cc1)=N[C@@H](CC(=O)OC(C)(C)C)c1nnc(C)n1-2. The fraction of sp³-hybridized carbons (Fsp3) is 0.286. The number of ether oxygens (including phenoxy) is 2. The summed E-state index contributed by atoms with van der Waals surface area (Å²) < 4.78 is 13.1. The number of aliphatic imine (C=N–C) groups is 1. The molecule has 1 aliphatic rings. The number of hydrogen-bond donors (Lipinski definition) is 0. The van der Waals surface area contributed by atoms with Crippen molar-refractivity contribution in [3.05, 3.63) is 111 Å². The van der Waals surface area contributed by atoms with Gasteiger partial charge >= 0.3 is 11.9 Å². The molecular weight excluding hydrogens is 600 g/mol.